The van der Waals surface area contributed by atoms with E-state index in [2.05, 4.69) is 11.1 Å². The Labute approximate surface area is 237 Å². The molecule has 3 aromatic carbocycles. The van der Waals surface area contributed by atoms with E-state index < -0.39 is 37.3 Å². The standard InChI is InChI=1S/C24H19N2.C5H8O2.Ir/c1-15-11-12-21-20(13-15)18-9-4-5-10-19(18)24-25-14-22(26(21)24)23-16(2)7-6-8-17(23)3;1-4(6)3-5(2)7;/h4-9,11-14H,1-3H3;3,6H,1-2H3;/q-1;;/b;4-3-;/i4D,5D,6D,7D,8D,9D,11D,12D,13D,14D;1D3,2D3,3D;. The number of rotatable bonds is 2. The molecule has 5 aromatic rings. The van der Waals surface area contributed by atoms with Crippen LogP contribution >= 0.6 is 0 Å². The molecular weight excluding hydrogens is 601 g/mol. The number of carbonyl (C=O) groups is 1. The zero-order chi connectivity index (χ0) is 38.3. The molecular formula is C29H27IrN2O2-. The van der Waals surface area contributed by atoms with Crippen molar-refractivity contribution in [3.05, 3.63) is 95.1 Å². The van der Waals surface area contributed by atoms with Crippen LogP contribution in [0.5, 0.6) is 0 Å². The third-order valence-corrected chi connectivity index (χ3v) is 4.72. The molecule has 0 aliphatic heterocycles. The molecule has 1 radical (unpaired) electrons. The molecule has 2 heterocycles. The fourth-order valence-corrected chi connectivity index (χ4v) is 3.46. The fourth-order valence-electron chi connectivity index (χ4n) is 3.46. The van der Waals surface area contributed by atoms with Crippen LogP contribution in [0.15, 0.2) is 72.4 Å². The molecule has 0 unspecified atom stereocenters. The number of fused-ring (bicyclic) bond motifs is 6. The minimum Gasteiger partial charge on any atom is -0.512 e. The van der Waals surface area contributed by atoms with Gasteiger partial charge in [0.15, 0.2) is 5.78 Å². The van der Waals surface area contributed by atoms with Gasteiger partial charge in [0.25, 0.3) is 0 Å². The van der Waals surface area contributed by atoms with Crippen molar-refractivity contribution in [3.8, 4) is 11.3 Å². The molecule has 0 spiro atoms. The van der Waals surface area contributed by atoms with E-state index in [0.29, 0.717) is 16.7 Å². The first-order valence-corrected chi connectivity index (χ1v) is 9.55. The fraction of sp³-hybridized carbons (Fsp3) is 0.172. The monoisotopic (exact) mass is 645 g/mol. The summed E-state index contributed by atoms with van der Waals surface area (Å²) in [6, 6.07) is -0.957. The molecule has 0 atom stereocenters. The van der Waals surface area contributed by atoms with E-state index >= 15 is 0 Å². The molecule has 2 aromatic heterocycles. The molecule has 0 amide bonds. The van der Waals surface area contributed by atoms with Crippen molar-refractivity contribution < 1.29 is 53.3 Å². The van der Waals surface area contributed by atoms with Crippen LogP contribution in [0.3, 0.4) is 0 Å². The maximum Gasteiger partial charge on any atom is 0.155 e. The summed E-state index contributed by atoms with van der Waals surface area (Å²) in [5, 5.41) is 9.17. The van der Waals surface area contributed by atoms with Crippen LogP contribution in [0.25, 0.3) is 38.6 Å². The molecule has 5 heteroatoms. The predicted molar refractivity (Wildman–Crippen MR) is 136 cm³/mol. The van der Waals surface area contributed by atoms with Crippen LogP contribution in [-0.4, -0.2) is 20.3 Å². The number of pyridine rings is 1. The Hall–Kier alpha value is -3.27. The number of aliphatic hydroxyl groups excluding tert-OH is 1. The Balaban J connectivity index is 0.000000400. The van der Waals surface area contributed by atoms with Gasteiger partial charge in [-0.2, -0.15) is 0 Å². The van der Waals surface area contributed by atoms with Gasteiger partial charge >= 0.3 is 0 Å². The van der Waals surface area contributed by atoms with E-state index in [9.17, 15) is 4.79 Å². The number of allylic oxidation sites excluding steroid dienone is 2. The second-order valence-electron chi connectivity index (χ2n) is 7.01. The summed E-state index contributed by atoms with van der Waals surface area (Å²) in [5.74, 6) is -3.19. The number of imidazole rings is 1. The van der Waals surface area contributed by atoms with Gasteiger partial charge in [-0.25, -0.2) is 0 Å². The summed E-state index contributed by atoms with van der Waals surface area (Å²) >= 11 is 0. The van der Waals surface area contributed by atoms with E-state index in [1.807, 2.05) is 0 Å². The Morgan fingerprint density at radius 3 is 2.59 bits per heavy atom. The summed E-state index contributed by atoms with van der Waals surface area (Å²) in [4.78, 5) is 15.2. The summed E-state index contributed by atoms with van der Waals surface area (Å²) in [7, 11) is 0. The number of aliphatic hydroxyl groups is 1. The quantitative estimate of drug-likeness (QED) is 0.0969. The molecule has 0 aliphatic rings. The Morgan fingerprint density at radius 2 is 1.88 bits per heavy atom. The van der Waals surface area contributed by atoms with Gasteiger partial charge < -0.3 is 9.51 Å². The number of hydrogen-bond acceptors (Lipinski definition) is 3. The summed E-state index contributed by atoms with van der Waals surface area (Å²) in [6.45, 7) is -1.43. The van der Waals surface area contributed by atoms with Gasteiger partial charge in [-0.1, -0.05) is 41.2 Å². The van der Waals surface area contributed by atoms with Crippen LogP contribution in [0.2, 0.25) is 0 Å². The van der Waals surface area contributed by atoms with Crippen molar-refractivity contribution in [3.63, 3.8) is 0 Å². The third kappa shape index (κ3) is 4.82. The number of nitrogens with zero attached hydrogens (tertiary/aromatic N) is 2. The normalized spacial score (nSPS) is 19.4. The topological polar surface area (TPSA) is 54.6 Å². The minimum absolute atomic E-state index is 0. The van der Waals surface area contributed by atoms with Crippen LogP contribution in [0.4, 0.5) is 0 Å². The summed E-state index contributed by atoms with van der Waals surface area (Å²) in [5.41, 5.74) is 1.39. The van der Waals surface area contributed by atoms with E-state index in [0.717, 1.165) is 0 Å². The van der Waals surface area contributed by atoms with Gasteiger partial charge in [0.2, 0.25) is 0 Å². The van der Waals surface area contributed by atoms with Gasteiger partial charge in [-0.3, -0.25) is 9.78 Å². The maximum absolute atomic E-state index is 10.8. The maximum atomic E-state index is 10.8. The second-order valence-corrected chi connectivity index (χ2v) is 7.01. The van der Waals surface area contributed by atoms with Gasteiger partial charge in [0.05, 0.1) is 28.1 Å². The SMILES string of the molecule is [2H]/C(C(=O)C([2H])([2H])[2H])=C(/O)C([2H])([2H])[2H].[2H]c1[c-]c2c(c([2H])c1[2H])c1c([2H])c(C)c([2H])c([2H])c1n1c(-c3c(C)c([2H])c([2H])c([2H])c3C)c([2H])nc21.[Ir]. The van der Waals surface area contributed by atoms with E-state index in [4.69, 9.17) is 28.4 Å². The van der Waals surface area contributed by atoms with Crippen molar-refractivity contribution >= 4 is 33.1 Å². The van der Waals surface area contributed by atoms with E-state index in [1.54, 1.807) is 13.8 Å². The van der Waals surface area contributed by atoms with E-state index in [-0.39, 0.29) is 113 Å². The van der Waals surface area contributed by atoms with E-state index in [1.165, 1.54) is 11.3 Å². The third-order valence-electron chi connectivity index (χ3n) is 4.72. The molecule has 0 saturated heterocycles. The Morgan fingerprint density at radius 1 is 1.12 bits per heavy atom. The van der Waals surface area contributed by atoms with Crippen LogP contribution in [-0.2, 0) is 24.9 Å². The number of carbonyl (C=O) groups excluding carboxylic acids is 1. The van der Waals surface area contributed by atoms with Crippen LogP contribution in [0.1, 0.15) is 53.7 Å². The summed E-state index contributed by atoms with van der Waals surface area (Å²) < 4.78 is 132. The minimum atomic E-state index is -3.11. The molecule has 0 saturated carbocycles. The molecule has 0 aliphatic carbocycles. The smallest absolute Gasteiger partial charge is 0.155 e. The van der Waals surface area contributed by atoms with Gasteiger partial charge in [-0.05, 0) is 58.4 Å². The molecule has 0 bridgehead atoms. The number of benzene rings is 3. The van der Waals surface area contributed by atoms with Gasteiger partial charge in [-0.15, -0.1) is 29.6 Å². The molecule has 0 fully saturated rings. The number of ketones is 1. The average molecular weight is 645 g/mol. The van der Waals surface area contributed by atoms with Crippen molar-refractivity contribution in [2.45, 2.75) is 34.5 Å². The van der Waals surface area contributed by atoms with Crippen LogP contribution < -0.4 is 0 Å². The predicted octanol–water partition coefficient (Wildman–Crippen LogP) is 7.07. The molecule has 5 rings (SSSR count). The second kappa shape index (κ2) is 10.3. The van der Waals surface area contributed by atoms with Crippen molar-refractivity contribution in [2.75, 3.05) is 0 Å². The first kappa shape index (κ1) is 11.0. The largest absolute Gasteiger partial charge is 0.512 e. The average Bonchev–Trinajstić information content (AvgIpc) is 3.37. The zero-order valence-electron chi connectivity index (χ0n) is 35.1. The van der Waals surface area contributed by atoms with Crippen molar-refractivity contribution in [1.29, 1.82) is 0 Å². The Bertz CT molecular complexity index is 2300. The van der Waals surface area contributed by atoms with Crippen molar-refractivity contribution in [2.24, 2.45) is 0 Å². The Kier molecular flexibility index (Phi) is 3.34. The van der Waals surface area contributed by atoms with Gasteiger partial charge in [0, 0.05) is 54.4 Å². The zero-order valence-corrected chi connectivity index (χ0v) is 20.5. The number of hydrogen-bond donors (Lipinski definition) is 1. The number of aromatic nitrogens is 2. The molecule has 1 N–H and O–H groups in total. The molecule has 4 nitrogen and oxygen atoms in total. The summed E-state index contributed by atoms with van der Waals surface area (Å²) in [6.07, 6.45) is -0.272. The van der Waals surface area contributed by atoms with Crippen molar-refractivity contribution in [1.82, 2.24) is 9.38 Å². The first-order chi connectivity index (χ1) is 22.8. The molecule has 175 valence electrons. The van der Waals surface area contributed by atoms with Gasteiger partial charge in [0.1, 0.15) is 0 Å². The molecule has 34 heavy (non-hydrogen) atoms. The first-order valence-electron chi connectivity index (χ1n) is 18.0. The van der Waals surface area contributed by atoms with Crippen LogP contribution in [0, 0.1) is 26.8 Å².